The molecular weight excluding hydrogens is 1830 g/mol. The van der Waals surface area contributed by atoms with Crippen LogP contribution in [0.15, 0.2) is 237 Å². The molecule has 698 valence electrons. The quantitative estimate of drug-likeness (QED) is 0.0305. The predicted octanol–water partition coefficient (Wildman–Crippen LogP) is 18.8. The number of fused-ring (bicyclic) bond motifs is 1. The van der Waals surface area contributed by atoms with Crippen molar-refractivity contribution >= 4 is 168 Å². The third-order valence-electron chi connectivity index (χ3n) is 23.5. The molecular formula is C103H104Cl6FN11O13. The fourth-order valence-corrected chi connectivity index (χ4v) is 16.5. The number of nitrogens with one attached hydrogen (secondary N) is 5. The number of carbonyl (C=O) groups is 10. The van der Waals surface area contributed by atoms with E-state index in [9.17, 15) is 52.3 Å². The van der Waals surface area contributed by atoms with E-state index in [1.54, 1.807) is 94.4 Å². The van der Waals surface area contributed by atoms with Gasteiger partial charge in [-0.25, -0.2) is 4.39 Å². The zero-order valence-electron chi connectivity index (χ0n) is 74.7. The second-order valence-electron chi connectivity index (χ2n) is 33.2. The highest BCUT2D eigenvalue weighted by atomic mass is 35.5. The first-order chi connectivity index (χ1) is 64.4. The van der Waals surface area contributed by atoms with Crippen molar-refractivity contribution in [2.75, 3.05) is 113 Å². The van der Waals surface area contributed by atoms with Crippen molar-refractivity contribution in [2.45, 2.75) is 78.1 Å². The number of rotatable bonds is 28. The van der Waals surface area contributed by atoms with Crippen LogP contribution in [0.2, 0.25) is 30.1 Å². The van der Waals surface area contributed by atoms with Crippen LogP contribution < -0.4 is 40.8 Å². The highest BCUT2D eigenvalue weighted by molar-refractivity contribution is 6.32. The van der Waals surface area contributed by atoms with Gasteiger partial charge in [0, 0.05) is 162 Å². The molecule has 0 bridgehead atoms. The number of aryl methyl sites for hydroxylation is 2. The molecule has 0 radical (unpaired) electrons. The minimum absolute atomic E-state index is 0.0187. The van der Waals surface area contributed by atoms with Crippen LogP contribution in [0.5, 0.6) is 17.2 Å². The molecule has 10 amide bonds. The Morgan fingerprint density at radius 2 is 0.619 bits per heavy atom. The highest BCUT2D eigenvalue weighted by Gasteiger charge is 2.39. The molecule has 1 aromatic heterocycles. The van der Waals surface area contributed by atoms with Crippen LogP contribution in [0.3, 0.4) is 0 Å². The molecule has 24 nitrogen and oxygen atoms in total. The number of hydrogen-bond acceptors (Lipinski definition) is 14. The first-order valence-corrected chi connectivity index (χ1v) is 46.1. The van der Waals surface area contributed by atoms with Gasteiger partial charge in [0.1, 0.15) is 11.6 Å². The summed E-state index contributed by atoms with van der Waals surface area (Å²) < 4.78 is 28.9. The highest BCUT2D eigenvalue weighted by Crippen LogP contribution is 2.33. The Bertz CT molecular complexity index is 5820. The molecule has 5 aliphatic rings. The molecule has 5 saturated heterocycles. The van der Waals surface area contributed by atoms with Crippen LogP contribution in [0.25, 0.3) is 10.9 Å². The molecule has 10 aromatic carbocycles. The minimum atomic E-state index is -0.554. The molecule has 5 fully saturated rings. The number of nitrogens with zero attached hydrogens (tertiary/aromatic N) is 6. The number of likely N-dealkylation sites (tertiary alicyclic amines) is 5. The molecule has 5 aliphatic heterocycles. The molecule has 0 spiro atoms. The number of anilines is 5. The average Bonchev–Trinajstić information content (AvgIpc) is 1.32. The molecule has 0 saturated carbocycles. The number of hydrogen-bond donors (Lipinski definition) is 5. The van der Waals surface area contributed by atoms with E-state index >= 15 is 0 Å². The molecule has 16 rings (SSSR count). The van der Waals surface area contributed by atoms with Crippen molar-refractivity contribution in [3.8, 4) is 17.2 Å². The summed E-state index contributed by atoms with van der Waals surface area (Å²) in [7, 11) is 4.74. The van der Waals surface area contributed by atoms with E-state index in [2.05, 4.69) is 31.6 Å². The molecule has 5 atom stereocenters. The second-order valence-corrected chi connectivity index (χ2v) is 35.8. The summed E-state index contributed by atoms with van der Waals surface area (Å²) in [6.07, 6.45) is 4.80. The summed E-state index contributed by atoms with van der Waals surface area (Å²) in [6.45, 7) is 9.05. The third-order valence-corrected chi connectivity index (χ3v) is 25.0. The Hall–Kier alpha value is -12.6. The number of aromatic nitrogens is 1. The van der Waals surface area contributed by atoms with Crippen molar-refractivity contribution in [1.29, 1.82) is 0 Å². The largest absolute Gasteiger partial charge is 0.497 e. The number of pyridine rings is 1. The smallest absolute Gasteiger partial charge is 0.229 e. The van der Waals surface area contributed by atoms with E-state index < -0.39 is 11.7 Å². The van der Waals surface area contributed by atoms with Crippen LogP contribution in [0.4, 0.5) is 32.8 Å². The predicted molar refractivity (Wildman–Crippen MR) is 524 cm³/mol. The van der Waals surface area contributed by atoms with Crippen molar-refractivity contribution in [3.05, 3.63) is 312 Å². The van der Waals surface area contributed by atoms with Crippen LogP contribution in [-0.2, 0) is 80.0 Å². The monoisotopic (exact) mass is 1930 g/mol. The number of amides is 10. The van der Waals surface area contributed by atoms with Gasteiger partial charge in [-0.1, -0.05) is 148 Å². The van der Waals surface area contributed by atoms with Gasteiger partial charge >= 0.3 is 0 Å². The fraction of sp³-hybridized carbons (Fsp3) is 0.291. The van der Waals surface area contributed by atoms with Crippen LogP contribution in [0, 0.1) is 49.3 Å². The second kappa shape index (κ2) is 48.9. The van der Waals surface area contributed by atoms with Crippen LogP contribution in [0.1, 0.15) is 71.2 Å². The van der Waals surface area contributed by atoms with E-state index in [-0.39, 0.29) is 120 Å². The maximum absolute atomic E-state index is 13.2. The van der Waals surface area contributed by atoms with Crippen molar-refractivity contribution in [3.63, 3.8) is 0 Å². The molecule has 5 N–H and O–H groups in total. The SMILES string of the molecule is COc1ccc(CCN2CC(C(=O)Nc3ccc(F)c(Cl)c3)CC2=O)cc1OC.COc1ccc(NC(=O)C2CC(=O)N(CCc3ccc(Cl)cc3)C2)cc1.Cc1ccc(NC(=O)C2CC(=O)N(CCc3ccc(Cl)cc3)C2)cc1.Cc1ccc2cc(NC(=O)C3CC(=O)N(CCc4ccc(Cl)cc4)C3)ccc2n1.O=C(Nc1ccc(Cl)cc1)C1CC(=O)N(CCc2ccc(Cl)cc2)C1. The summed E-state index contributed by atoms with van der Waals surface area (Å²) in [5.41, 5.74) is 11.8. The zero-order chi connectivity index (χ0) is 95.5. The lowest BCUT2D eigenvalue weighted by Crippen LogP contribution is -2.30. The number of benzene rings is 10. The Balaban J connectivity index is 0.000000151. The average molecular weight is 1940 g/mol. The molecule has 11 aromatic rings. The topological polar surface area (TPSA) is 288 Å². The molecule has 5 unspecified atom stereocenters. The van der Waals surface area contributed by atoms with E-state index in [1.807, 2.05) is 184 Å². The molecule has 0 aliphatic carbocycles. The first kappa shape index (κ1) is 100. The van der Waals surface area contributed by atoms with Gasteiger partial charge in [0.2, 0.25) is 59.1 Å². The number of ether oxygens (including phenoxy) is 3. The van der Waals surface area contributed by atoms with Gasteiger partial charge in [0.15, 0.2) is 11.5 Å². The normalized spacial score (nSPS) is 16.6. The Morgan fingerprint density at radius 1 is 0.328 bits per heavy atom. The van der Waals surface area contributed by atoms with Gasteiger partial charge in [0.05, 0.1) is 61.5 Å². The van der Waals surface area contributed by atoms with Gasteiger partial charge in [-0.2, -0.15) is 0 Å². The van der Waals surface area contributed by atoms with Gasteiger partial charge in [0.25, 0.3) is 0 Å². The first-order valence-electron chi connectivity index (χ1n) is 43.9. The standard InChI is InChI=1S/C23H22ClN3O2.C21H22ClFN2O4.C20H21ClN2O3.C20H21ClN2O2.C19H18Cl2N2O2/c1-15-2-5-17-12-20(8-9-21(17)25-15)26-23(29)18-13-22(28)27(14-18)11-10-16-3-6-19(24)7-4-16;1-28-18-6-3-13(9-19(18)29-2)7-8-25-12-14(10-20(25)26)21(27)24-15-4-5-17(23)16(22)11-15;1-26-18-8-6-17(7-9-18)22-20(25)15-12-19(24)23(13-15)11-10-14-2-4-16(21)5-3-14;1-14-2-8-18(9-3-14)22-20(25)16-12-19(24)23(13-16)11-10-15-4-6-17(21)7-5-15;20-15-3-1-13(2-4-15)9-10-23-12-14(11-18(23)24)19(25)22-17-7-5-16(21)6-8-17/h2-9,12,18H,10-11,13-14H2,1H3,(H,26,29);3-6,9,11,14H,7-8,10,12H2,1-2H3,(H,24,27);2-9,15H,10-13H2,1H3,(H,22,25);2-9,16H,10-13H2,1H3,(H,22,25);1-8,14H,9-12H2,(H,22,25). The van der Waals surface area contributed by atoms with Gasteiger partial charge in [-0.3, -0.25) is 52.9 Å². The van der Waals surface area contributed by atoms with Crippen molar-refractivity contribution in [1.82, 2.24) is 29.5 Å². The molecule has 134 heavy (non-hydrogen) atoms. The maximum Gasteiger partial charge on any atom is 0.229 e. The Kier molecular flexibility index (Phi) is 36.6. The van der Waals surface area contributed by atoms with Crippen molar-refractivity contribution in [2.24, 2.45) is 29.6 Å². The van der Waals surface area contributed by atoms with Crippen LogP contribution >= 0.6 is 69.6 Å². The fourth-order valence-electron chi connectivity index (χ4n) is 15.7. The summed E-state index contributed by atoms with van der Waals surface area (Å²) >= 11 is 35.1. The van der Waals surface area contributed by atoms with E-state index in [0.717, 1.165) is 92.8 Å². The lowest BCUT2D eigenvalue weighted by atomic mass is 10.1. The van der Waals surface area contributed by atoms with Gasteiger partial charge in [-0.15, -0.1) is 0 Å². The van der Waals surface area contributed by atoms with E-state index in [1.165, 1.54) is 18.2 Å². The molecule has 6 heterocycles. The summed E-state index contributed by atoms with van der Waals surface area (Å²) in [4.78, 5) is 137. The number of methoxy groups -OCH3 is 3. The van der Waals surface area contributed by atoms with Crippen LogP contribution in [-0.4, -0.2) is 175 Å². The Morgan fingerprint density at radius 3 is 0.955 bits per heavy atom. The maximum atomic E-state index is 13.2. The van der Waals surface area contributed by atoms with E-state index in [0.29, 0.717) is 126 Å². The number of carbonyl (C=O) groups excluding carboxylic acids is 10. The summed E-state index contributed by atoms with van der Waals surface area (Å²) in [5, 5.41) is 18.6. The van der Waals surface area contributed by atoms with Gasteiger partial charge in [-0.05, 0) is 238 Å². The minimum Gasteiger partial charge on any atom is -0.497 e. The lowest BCUT2D eigenvalue weighted by Gasteiger charge is -2.17. The van der Waals surface area contributed by atoms with E-state index in [4.69, 9.17) is 83.8 Å². The number of halogens is 7. The zero-order valence-corrected chi connectivity index (χ0v) is 79.2. The molecule has 31 heteroatoms. The van der Waals surface area contributed by atoms with Gasteiger partial charge < -0.3 is 65.3 Å². The lowest BCUT2D eigenvalue weighted by molar-refractivity contribution is -0.128. The van der Waals surface area contributed by atoms with Crippen molar-refractivity contribution < 1.29 is 66.5 Å². The third kappa shape index (κ3) is 29.9. The summed E-state index contributed by atoms with van der Waals surface area (Å²) in [6, 6.07) is 71.3. The Labute approximate surface area is 808 Å². The summed E-state index contributed by atoms with van der Waals surface area (Å²) in [5.74, 6) is -1.00.